The molecule has 1 aliphatic carbocycles. The average Bonchev–Trinajstić information content (AvgIpc) is 3.10. The highest BCUT2D eigenvalue weighted by atomic mass is 32.1. The third-order valence-electron chi connectivity index (χ3n) is 4.53. The van der Waals surface area contributed by atoms with Gasteiger partial charge >= 0.3 is 0 Å². The van der Waals surface area contributed by atoms with Gasteiger partial charge in [-0.2, -0.15) is 11.3 Å². The van der Waals surface area contributed by atoms with Crippen molar-refractivity contribution in [3.63, 3.8) is 0 Å². The van der Waals surface area contributed by atoms with Crippen LogP contribution in [0.4, 0.5) is 0 Å². The van der Waals surface area contributed by atoms with E-state index in [4.69, 9.17) is 9.47 Å². The highest BCUT2D eigenvalue weighted by Crippen LogP contribution is 2.41. The van der Waals surface area contributed by atoms with Crippen molar-refractivity contribution in [2.75, 3.05) is 33.4 Å². The first-order chi connectivity index (χ1) is 9.75. The summed E-state index contributed by atoms with van der Waals surface area (Å²) in [6, 6.07) is 1.90. The Morgan fingerprint density at radius 1 is 1.65 bits per heavy atom. The monoisotopic (exact) mass is 295 g/mol. The molecule has 3 rings (SSSR count). The van der Waals surface area contributed by atoms with Crippen LogP contribution >= 0.6 is 11.3 Å². The molecule has 1 saturated carbocycles. The minimum atomic E-state index is -0.181. The van der Waals surface area contributed by atoms with E-state index in [2.05, 4.69) is 0 Å². The van der Waals surface area contributed by atoms with Crippen LogP contribution in [0, 0.1) is 5.92 Å². The predicted molar refractivity (Wildman–Crippen MR) is 78.1 cm³/mol. The molecule has 2 fully saturated rings. The normalized spacial score (nSPS) is 30.1. The van der Waals surface area contributed by atoms with Crippen LogP contribution in [-0.2, 0) is 9.47 Å². The molecule has 2 heterocycles. The van der Waals surface area contributed by atoms with Gasteiger partial charge in [0.2, 0.25) is 0 Å². The van der Waals surface area contributed by atoms with Crippen molar-refractivity contribution in [2.45, 2.75) is 24.9 Å². The fraction of sp³-hybridized carbons (Fsp3) is 0.667. The number of rotatable bonds is 3. The zero-order valence-corrected chi connectivity index (χ0v) is 12.7. The Balaban J connectivity index is 1.74. The standard InChI is InChI=1S/C15H21NO3S/c1-18-9-13-3-2-5-15(13)11-16(6-7-19-15)14(17)12-4-8-20-10-12/h4,8,10,13H,2-3,5-7,9,11H2,1H3/t13-,15+/m0/s1. The Labute approximate surface area is 123 Å². The molecule has 1 aliphatic heterocycles. The largest absolute Gasteiger partial charge is 0.384 e. The molecular formula is C15H21NO3S. The van der Waals surface area contributed by atoms with E-state index < -0.39 is 0 Å². The number of thiophene rings is 1. The van der Waals surface area contributed by atoms with Gasteiger partial charge in [-0.05, 0) is 24.3 Å². The summed E-state index contributed by atoms with van der Waals surface area (Å²) < 4.78 is 11.5. The van der Waals surface area contributed by atoms with E-state index in [1.54, 1.807) is 18.4 Å². The molecule has 4 nitrogen and oxygen atoms in total. The third kappa shape index (κ3) is 2.50. The number of hydrogen-bond acceptors (Lipinski definition) is 4. The molecule has 1 saturated heterocycles. The Kier molecular flexibility index (Phi) is 4.10. The first kappa shape index (κ1) is 14.0. The van der Waals surface area contributed by atoms with E-state index in [-0.39, 0.29) is 11.5 Å². The maximum absolute atomic E-state index is 12.5. The van der Waals surface area contributed by atoms with Gasteiger partial charge < -0.3 is 14.4 Å². The number of methoxy groups -OCH3 is 1. The predicted octanol–water partition coefficient (Wildman–Crippen LogP) is 2.41. The molecule has 0 aromatic carbocycles. The molecule has 1 aromatic rings. The summed E-state index contributed by atoms with van der Waals surface area (Å²) in [6.07, 6.45) is 3.33. The second-order valence-corrected chi connectivity index (χ2v) is 6.48. The summed E-state index contributed by atoms with van der Waals surface area (Å²) in [5.41, 5.74) is 0.619. The van der Waals surface area contributed by atoms with Crippen LogP contribution in [0.15, 0.2) is 16.8 Å². The van der Waals surface area contributed by atoms with Crippen molar-refractivity contribution in [1.82, 2.24) is 4.90 Å². The fourth-order valence-corrected chi connectivity index (χ4v) is 4.13. The molecule has 2 aliphatic rings. The van der Waals surface area contributed by atoms with Crippen LogP contribution in [0.25, 0.3) is 0 Å². The number of amides is 1. The minimum absolute atomic E-state index is 0.136. The number of morpholine rings is 1. The molecular weight excluding hydrogens is 274 g/mol. The van der Waals surface area contributed by atoms with E-state index in [1.165, 1.54) is 0 Å². The Hall–Kier alpha value is -0.910. The summed E-state index contributed by atoms with van der Waals surface area (Å²) in [7, 11) is 1.74. The summed E-state index contributed by atoms with van der Waals surface area (Å²) in [4.78, 5) is 14.5. The van der Waals surface area contributed by atoms with Crippen LogP contribution in [0.2, 0.25) is 0 Å². The Morgan fingerprint density at radius 2 is 2.55 bits per heavy atom. The van der Waals surface area contributed by atoms with E-state index >= 15 is 0 Å². The van der Waals surface area contributed by atoms with Crippen LogP contribution < -0.4 is 0 Å². The van der Waals surface area contributed by atoms with Gasteiger partial charge in [-0.1, -0.05) is 6.42 Å². The van der Waals surface area contributed by atoms with Crippen LogP contribution in [0.1, 0.15) is 29.6 Å². The van der Waals surface area contributed by atoms with Crippen molar-refractivity contribution < 1.29 is 14.3 Å². The van der Waals surface area contributed by atoms with Crippen LogP contribution in [0.5, 0.6) is 0 Å². The van der Waals surface area contributed by atoms with E-state index in [0.29, 0.717) is 25.6 Å². The van der Waals surface area contributed by atoms with Gasteiger partial charge in [0.1, 0.15) is 0 Å². The quantitative estimate of drug-likeness (QED) is 0.859. The van der Waals surface area contributed by atoms with E-state index in [1.807, 2.05) is 21.7 Å². The summed E-state index contributed by atoms with van der Waals surface area (Å²) in [6.45, 7) is 2.75. The Morgan fingerprint density at radius 3 is 3.30 bits per heavy atom. The fourth-order valence-electron chi connectivity index (χ4n) is 3.50. The molecule has 20 heavy (non-hydrogen) atoms. The average molecular weight is 295 g/mol. The third-order valence-corrected chi connectivity index (χ3v) is 5.21. The smallest absolute Gasteiger partial charge is 0.254 e. The summed E-state index contributed by atoms with van der Waals surface area (Å²) in [5, 5.41) is 3.87. The van der Waals surface area contributed by atoms with Gasteiger partial charge in [0.15, 0.2) is 0 Å². The van der Waals surface area contributed by atoms with Crippen molar-refractivity contribution in [1.29, 1.82) is 0 Å². The number of nitrogens with zero attached hydrogens (tertiary/aromatic N) is 1. The molecule has 0 N–H and O–H groups in total. The van der Waals surface area contributed by atoms with Crippen LogP contribution in [-0.4, -0.2) is 49.8 Å². The van der Waals surface area contributed by atoms with Gasteiger partial charge in [-0.25, -0.2) is 0 Å². The first-order valence-electron chi connectivity index (χ1n) is 7.19. The minimum Gasteiger partial charge on any atom is -0.384 e. The molecule has 1 amide bonds. The molecule has 2 atom stereocenters. The zero-order chi connectivity index (χ0) is 14.0. The topological polar surface area (TPSA) is 38.8 Å². The highest BCUT2D eigenvalue weighted by Gasteiger charge is 2.47. The molecule has 0 unspecified atom stereocenters. The maximum atomic E-state index is 12.5. The number of carbonyl (C=O) groups excluding carboxylic acids is 1. The lowest BCUT2D eigenvalue weighted by Crippen LogP contribution is -2.56. The lowest BCUT2D eigenvalue weighted by molar-refractivity contribution is -0.130. The molecule has 0 bridgehead atoms. The second-order valence-electron chi connectivity index (χ2n) is 5.70. The molecule has 0 radical (unpaired) electrons. The highest BCUT2D eigenvalue weighted by molar-refractivity contribution is 7.08. The van der Waals surface area contributed by atoms with Crippen molar-refractivity contribution in [3.8, 4) is 0 Å². The van der Waals surface area contributed by atoms with Crippen molar-refractivity contribution >= 4 is 17.2 Å². The molecule has 1 aromatic heterocycles. The summed E-state index contributed by atoms with van der Waals surface area (Å²) >= 11 is 1.57. The lowest BCUT2D eigenvalue weighted by atomic mass is 9.89. The maximum Gasteiger partial charge on any atom is 0.254 e. The molecule has 110 valence electrons. The number of carbonyl (C=O) groups is 1. The zero-order valence-electron chi connectivity index (χ0n) is 11.8. The number of ether oxygens (including phenoxy) is 2. The second kappa shape index (κ2) is 5.84. The van der Waals surface area contributed by atoms with Gasteiger partial charge in [0, 0.05) is 25.0 Å². The van der Waals surface area contributed by atoms with Crippen molar-refractivity contribution in [2.24, 2.45) is 5.92 Å². The van der Waals surface area contributed by atoms with Gasteiger partial charge in [-0.15, -0.1) is 0 Å². The molecule has 5 heteroatoms. The Bertz CT molecular complexity index is 462. The first-order valence-corrected chi connectivity index (χ1v) is 8.14. The summed E-state index contributed by atoms with van der Waals surface area (Å²) in [5.74, 6) is 0.544. The van der Waals surface area contributed by atoms with E-state index in [0.717, 1.165) is 31.4 Å². The number of hydrogen-bond donors (Lipinski definition) is 0. The van der Waals surface area contributed by atoms with E-state index in [9.17, 15) is 4.79 Å². The van der Waals surface area contributed by atoms with Crippen molar-refractivity contribution in [3.05, 3.63) is 22.4 Å². The SMILES string of the molecule is COC[C@@H]1CCC[C@@]12CN(C(=O)c1ccsc1)CCO2. The van der Waals surface area contributed by atoms with Gasteiger partial charge in [-0.3, -0.25) is 4.79 Å². The van der Waals surface area contributed by atoms with Gasteiger partial charge in [0.25, 0.3) is 5.91 Å². The van der Waals surface area contributed by atoms with Gasteiger partial charge in [0.05, 0.1) is 30.9 Å². The van der Waals surface area contributed by atoms with Crippen LogP contribution in [0.3, 0.4) is 0 Å². The lowest BCUT2D eigenvalue weighted by Gasteiger charge is -2.44. The molecule has 1 spiro atoms.